The Labute approximate surface area is 151 Å². The monoisotopic (exact) mass is 336 g/mol. The van der Waals surface area contributed by atoms with E-state index in [2.05, 4.69) is 67.1 Å². The number of benzene rings is 1. The van der Waals surface area contributed by atoms with Crippen LogP contribution in [-0.4, -0.2) is 24.2 Å². The smallest absolute Gasteiger partial charge is 0.123 e. The Balaban J connectivity index is 1.89. The van der Waals surface area contributed by atoms with Gasteiger partial charge in [0, 0.05) is 36.8 Å². The van der Waals surface area contributed by atoms with Crippen LogP contribution in [0.3, 0.4) is 0 Å². The van der Waals surface area contributed by atoms with Crippen LogP contribution in [0.15, 0.2) is 48.7 Å². The van der Waals surface area contributed by atoms with Gasteiger partial charge in [-0.2, -0.15) is 0 Å². The van der Waals surface area contributed by atoms with Crippen molar-refractivity contribution < 1.29 is 4.74 Å². The Bertz CT molecular complexity index is 715. The number of nitrogens with zero attached hydrogens (tertiary/aromatic N) is 2. The van der Waals surface area contributed by atoms with Crippen LogP contribution in [0.5, 0.6) is 0 Å². The normalized spacial score (nSPS) is 16.4. The van der Waals surface area contributed by atoms with E-state index in [4.69, 9.17) is 4.74 Å². The fourth-order valence-electron chi connectivity index (χ4n) is 3.33. The molecule has 1 aromatic carbocycles. The van der Waals surface area contributed by atoms with Crippen LogP contribution >= 0.6 is 0 Å². The van der Waals surface area contributed by atoms with Gasteiger partial charge in [-0.3, -0.25) is 4.98 Å². The number of rotatable bonds is 7. The fraction of sp³-hybridized carbons (Fsp3) is 0.409. The lowest BCUT2D eigenvalue weighted by Crippen LogP contribution is -2.25. The van der Waals surface area contributed by atoms with Gasteiger partial charge in [0.05, 0.1) is 17.5 Å². The average molecular weight is 336 g/mol. The van der Waals surface area contributed by atoms with Gasteiger partial charge in [-0.15, -0.1) is 0 Å². The predicted molar refractivity (Wildman–Crippen MR) is 106 cm³/mol. The fourth-order valence-corrected chi connectivity index (χ4v) is 3.33. The summed E-state index contributed by atoms with van der Waals surface area (Å²) in [5.41, 5.74) is 4.59. The molecule has 25 heavy (non-hydrogen) atoms. The van der Waals surface area contributed by atoms with E-state index in [-0.39, 0.29) is 6.10 Å². The molecule has 0 spiro atoms. The molecule has 1 atom stereocenters. The quantitative estimate of drug-likeness (QED) is 0.665. The standard InChI is InChI=1S/C22H28N2O/c1-4-15-24(16-5-2)20-7-6-14-23-22(20)19-11-9-18(10-12-19)21-13-8-17(3)25-21/h6-7,9-14,17H,4-5,8,15-16H2,1-3H3. The second-order valence-corrected chi connectivity index (χ2v) is 6.67. The van der Waals surface area contributed by atoms with Crippen molar-refractivity contribution >= 4 is 11.4 Å². The van der Waals surface area contributed by atoms with Crippen molar-refractivity contribution in [1.29, 1.82) is 0 Å². The van der Waals surface area contributed by atoms with Gasteiger partial charge in [0.15, 0.2) is 0 Å². The number of pyridine rings is 1. The molecular weight excluding hydrogens is 308 g/mol. The van der Waals surface area contributed by atoms with E-state index in [1.807, 2.05) is 12.3 Å². The Hall–Kier alpha value is -2.29. The van der Waals surface area contributed by atoms with E-state index >= 15 is 0 Å². The van der Waals surface area contributed by atoms with Crippen molar-refractivity contribution in [1.82, 2.24) is 4.98 Å². The maximum Gasteiger partial charge on any atom is 0.123 e. The average Bonchev–Trinajstić information content (AvgIpc) is 3.08. The maximum absolute atomic E-state index is 5.86. The van der Waals surface area contributed by atoms with Crippen LogP contribution in [-0.2, 0) is 4.74 Å². The van der Waals surface area contributed by atoms with Crippen LogP contribution < -0.4 is 4.90 Å². The van der Waals surface area contributed by atoms with E-state index in [0.29, 0.717) is 0 Å². The summed E-state index contributed by atoms with van der Waals surface area (Å²) < 4.78 is 5.86. The molecule has 0 radical (unpaired) electrons. The van der Waals surface area contributed by atoms with Gasteiger partial charge in [-0.25, -0.2) is 0 Å². The van der Waals surface area contributed by atoms with Gasteiger partial charge in [-0.1, -0.05) is 38.1 Å². The number of anilines is 1. The van der Waals surface area contributed by atoms with Gasteiger partial charge in [0.1, 0.15) is 5.76 Å². The lowest BCUT2D eigenvalue weighted by Gasteiger charge is -2.25. The molecule has 0 fully saturated rings. The molecular formula is C22H28N2O. The molecule has 2 heterocycles. The molecule has 0 amide bonds. The molecule has 132 valence electrons. The minimum absolute atomic E-state index is 0.286. The Morgan fingerprint density at radius 2 is 1.72 bits per heavy atom. The van der Waals surface area contributed by atoms with Crippen molar-refractivity contribution in [2.24, 2.45) is 0 Å². The van der Waals surface area contributed by atoms with E-state index < -0.39 is 0 Å². The van der Waals surface area contributed by atoms with Gasteiger partial charge in [0.25, 0.3) is 0 Å². The summed E-state index contributed by atoms with van der Waals surface area (Å²) >= 11 is 0. The summed E-state index contributed by atoms with van der Waals surface area (Å²) in [7, 11) is 0. The molecule has 1 aliphatic rings. The molecule has 3 heteroatoms. The third-order valence-corrected chi connectivity index (χ3v) is 4.52. The minimum Gasteiger partial charge on any atom is -0.490 e. The topological polar surface area (TPSA) is 25.4 Å². The SMILES string of the molecule is CCCN(CCC)c1cccnc1-c1ccc(C2=CCC(C)O2)cc1. The largest absolute Gasteiger partial charge is 0.490 e. The van der Waals surface area contributed by atoms with Crippen LogP contribution in [0, 0.1) is 0 Å². The van der Waals surface area contributed by atoms with E-state index in [0.717, 1.165) is 54.9 Å². The Morgan fingerprint density at radius 1 is 1.04 bits per heavy atom. The van der Waals surface area contributed by atoms with Crippen LogP contribution in [0.4, 0.5) is 5.69 Å². The number of ether oxygens (including phenoxy) is 1. The van der Waals surface area contributed by atoms with E-state index in [9.17, 15) is 0 Å². The summed E-state index contributed by atoms with van der Waals surface area (Å²) in [5, 5.41) is 0. The summed E-state index contributed by atoms with van der Waals surface area (Å²) in [6.45, 7) is 8.67. The van der Waals surface area contributed by atoms with Crippen LogP contribution in [0.2, 0.25) is 0 Å². The molecule has 0 bridgehead atoms. The summed E-state index contributed by atoms with van der Waals surface area (Å²) in [4.78, 5) is 7.13. The highest BCUT2D eigenvalue weighted by Gasteiger charge is 2.16. The molecule has 0 N–H and O–H groups in total. The summed E-state index contributed by atoms with van der Waals surface area (Å²) in [5.74, 6) is 0.999. The van der Waals surface area contributed by atoms with Gasteiger partial charge >= 0.3 is 0 Å². The van der Waals surface area contributed by atoms with Gasteiger partial charge in [0.2, 0.25) is 0 Å². The first kappa shape index (κ1) is 17.5. The molecule has 0 saturated carbocycles. The first-order valence-corrected chi connectivity index (χ1v) is 9.40. The zero-order valence-electron chi connectivity index (χ0n) is 15.5. The Morgan fingerprint density at radius 3 is 2.32 bits per heavy atom. The lowest BCUT2D eigenvalue weighted by atomic mass is 10.1. The van der Waals surface area contributed by atoms with Crippen molar-refractivity contribution in [2.75, 3.05) is 18.0 Å². The Kier molecular flexibility index (Phi) is 5.75. The highest BCUT2D eigenvalue weighted by atomic mass is 16.5. The number of hydrogen-bond donors (Lipinski definition) is 0. The zero-order valence-corrected chi connectivity index (χ0v) is 15.5. The molecule has 1 unspecified atom stereocenters. The summed E-state index contributed by atoms with van der Waals surface area (Å²) in [6.07, 6.45) is 7.61. The highest BCUT2D eigenvalue weighted by molar-refractivity contribution is 5.76. The second kappa shape index (κ2) is 8.19. The third-order valence-electron chi connectivity index (χ3n) is 4.52. The molecule has 3 nitrogen and oxygen atoms in total. The molecule has 1 aliphatic heterocycles. The predicted octanol–water partition coefficient (Wildman–Crippen LogP) is 5.52. The van der Waals surface area contributed by atoms with E-state index in [1.54, 1.807) is 0 Å². The van der Waals surface area contributed by atoms with Crippen LogP contribution in [0.1, 0.15) is 45.6 Å². The minimum atomic E-state index is 0.286. The molecule has 0 saturated heterocycles. The first-order chi connectivity index (χ1) is 12.2. The molecule has 0 aliphatic carbocycles. The summed E-state index contributed by atoms with van der Waals surface area (Å²) in [6, 6.07) is 12.8. The van der Waals surface area contributed by atoms with E-state index in [1.165, 1.54) is 5.69 Å². The molecule has 2 aromatic rings. The third kappa shape index (κ3) is 4.04. The van der Waals surface area contributed by atoms with Crippen LogP contribution in [0.25, 0.3) is 17.0 Å². The van der Waals surface area contributed by atoms with Gasteiger partial charge in [-0.05, 0) is 38.0 Å². The zero-order chi connectivity index (χ0) is 17.6. The number of hydrogen-bond acceptors (Lipinski definition) is 3. The lowest BCUT2D eigenvalue weighted by molar-refractivity contribution is 0.210. The maximum atomic E-state index is 5.86. The van der Waals surface area contributed by atoms with Crippen molar-refractivity contribution in [2.45, 2.75) is 46.1 Å². The highest BCUT2D eigenvalue weighted by Crippen LogP contribution is 2.31. The van der Waals surface area contributed by atoms with Crippen molar-refractivity contribution in [3.63, 3.8) is 0 Å². The first-order valence-electron chi connectivity index (χ1n) is 9.40. The van der Waals surface area contributed by atoms with Crippen molar-refractivity contribution in [3.8, 4) is 11.3 Å². The van der Waals surface area contributed by atoms with Gasteiger partial charge < -0.3 is 9.64 Å². The molecule has 3 rings (SSSR count). The number of aromatic nitrogens is 1. The second-order valence-electron chi connectivity index (χ2n) is 6.67. The van der Waals surface area contributed by atoms with Crippen molar-refractivity contribution in [3.05, 3.63) is 54.2 Å². The molecule has 1 aromatic heterocycles.